The number of benzene rings is 2. The molecule has 0 heterocycles. The van der Waals surface area contributed by atoms with Gasteiger partial charge in [0.15, 0.2) is 5.11 Å². The van der Waals surface area contributed by atoms with Crippen LogP contribution >= 0.6 is 35.4 Å². The van der Waals surface area contributed by atoms with Crippen LogP contribution in [-0.4, -0.2) is 37.2 Å². The van der Waals surface area contributed by atoms with E-state index < -0.39 is 5.91 Å². The number of hydrogen-bond acceptors (Lipinski definition) is 4. The molecule has 0 atom stereocenters. The van der Waals surface area contributed by atoms with Crippen LogP contribution in [0.5, 0.6) is 0 Å². The second-order valence-corrected chi connectivity index (χ2v) is 7.00. The van der Waals surface area contributed by atoms with Crippen molar-refractivity contribution in [3.63, 3.8) is 0 Å². The van der Waals surface area contributed by atoms with Crippen LogP contribution in [-0.2, 0) is 4.74 Å². The quantitative estimate of drug-likeness (QED) is 0.450. The van der Waals surface area contributed by atoms with Crippen LogP contribution in [0.3, 0.4) is 0 Å². The Balaban J connectivity index is 2.01. The van der Waals surface area contributed by atoms with Crippen LogP contribution < -0.4 is 16.0 Å². The summed E-state index contributed by atoms with van der Waals surface area (Å²) >= 11 is 17.0. The highest BCUT2D eigenvalue weighted by molar-refractivity contribution is 7.80. The van der Waals surface area contributed by atoms with E-state index in [0.29, 0.717) is 40.9 Å². The Kier molecular flexibility index (Phi) is 8.66. The van der Waals surface area contributed by atoms with E-state index in [1.54, 1.807) is 31.4 Å². The van der Waals surface area contributed by atoms with Crippen molar-refractivity contribution >= 4 is 58.0 Å². The van der Waals surface area contributed by atoms with Crippen molar-refractivity contribution in [3.05, 3.63) is 63.6 Å². The van der Waals surface area contributed by atoms with E-state index in [2.05, 4.69) is 16.0 Å². The van der Waals surface area contributed by atoms with Gasteiger partial charge in [0.1, 0.15) is 0 Å². The Morgan fingerprint density at radius 2 is 1.75 bits per heavy atom. The first-order valence-electron chi connectivity index (χ1n) is 8.35. The smallest absolute Gasteiger partial charge is 0.257 e. The molecule has 0 aliphatic rings. The molecule has 0 aliphatic heterocycles. The van der Waals surface area contributed by atoms with Gasteiger partial charge in [-0.3, -0.25) is 14.9 Å². The largest absolute Gasteiger partial charge is 0.385 e. The van der Waals surface area contributed by atoms with E-state index in [4.69, 9.17) is 40.2 Å². The van der Waals surface area contributed by atoms with Gasteiger partial charge in [0.25, 0.3) is 11.8 Å². The molecule has 6 nitrogen and oxygen atoms in total. The lowest BCUT2D eigenvalue weighted by atomic mass is 10.1. The fourth-order valence-corrected chi connectivity index (χ4v) is 3.05. The third-order valence-electron chi connectivity index (χ3n) is 3.58. The Morgan fingerprint density at radius 1 is 1.07 bits per heavy atom. The van der Waals surface area contributed by atoms with Crippen molar-refractivity contribution < 1.29 is 14.3 Å². The van der Waals surface area contributed by atoms with Crippen molar-refractivity contribution in [1.82, 2.24) is 10.6 Å². The molecule has 2 rings (SSSR count). The predicted molar refractivity (Wildman–Crippen MR) is 115 cm³/mol. The number of nitrogens with one attached hydrogen (secondary N) is 3. The number of para-hydroxylation sites is 1. The molecule has 0 spiro atoms. The fraction of sp³-hybridized carbons (Fsp3) is 0.211. The van der Waals surface area contributed by atoms with Gasteiger partial charge in [0, 0.05) is 35.9 Å². The average molecular weight is 440 g/mol. The summed E-state index contributed by atoms with van der Waals surface area (Å²) in [6.07, 6.45) is 0.703. The molecule has 0 saturated carbocycles. The molecule has 148 valence electrons. The molecule has 3 N–H and O–H groups in total. The summed E-state index contributed by atoms with van der Waals surface area (Å²) in [6.45, 7) is 1.04. The summed E-state index contributed by atoms with van der Waals surface area (Å²) in [7, 11) is 1.60. The number of ether oxygens (including phenoxy) is 1. The average Bonchev–Trinajstić information content (AvgIpc) is 2.64. The summed E-state index contributed by atoms with van der Waals surface area (Å²) in [6, 6.07) is 11.3. The van der Waals surface area contributed by atoms with Gasteiger partial charge in [0.2, 0.25) is 0 Å². The van der Waals surface area contributed by atoms with Gasteiger partial charge in [0.05, 0.1) is 11.3 Å². The van der Waals surface area contributed by atoms with E-state index in [1.165, 1.54) is 18.2 Å². The van der Waals surface area contributed by atoms with Gasteiger partial charge in [-0.05, 0) is 49.0 Å². The maximum absolute atomic E-state index is 12.4. The number of carbonyl (C=O) groups is 2. The molecule has 2 aromatic carbocycles. The standard InChI is InChI=1S/C19H19Cl2N3O3S/c1-27-8-4-7-22-18(26)15-5-2-3-6-16(15)23-19(28)24-17(25)12-9-13(20)11-14(21)10-12/h2-3,5-6,9-11H,4,7-8H2,1H3,(H,22,26)(H2,23,24,25,28). The number of halogens is 2. The van der Waals surface area contributed by atoms with Crippen molar-refractivity contribution in [2.45, 2.75) is 6.42 Å². The lowest BCUT2D eigenvalue weighted by molar-refractivity contribution is 0.0947. The normalized spacial score (nSPS) is 10.2. The summed E-state index contributed by atoms with van der Waals surface area (Å²) in [5.74, 6) is -0.724. The Bertz CT molecular complexity index is 857. The Labute approximate surface area is 178 Å². The lowest BCUT2D eigenvalue weighted by Gasteiger charge is -2.14. The number of carbonyl (C=O) groups excluding carboxylic acids is 2. The zero-order valence-corrected chi connectivity index (χ0v) is 17.4. The van der Waals surface area contributed by atoms with E-state index in [9.17, 15) is 9.59 Å². The van der Waals surface area contributed by atoms with Crippen LogP contribution in [0.1, 0.15) is 27.1 Å². The number of rotatable bonds is 7. The van der Waals surface area contributed by atoms with Crippen molar-refractivity contribution in [1.29, 1.82) is 0 Å². The first kappa shape index (κ1) is 22.1. The second kappa shape index (κ2) is 11.0. The molecule has 2 aromatic rings. The highest BCUT2D eigenvalue weighted by Crippen LogP contribution is 2.19. The molecular weight excluding hydrogens is 421 g/mol. The number of anilines is 1. The summed E-state index contributed by atoms with van der Waals surface area (Å²) in [5, 5.41) is 8.94. The van der Waals surface area contributed by atoms with Crippen molar-refractivity contribution in [3.8, 4) is 0 Å². The maximum Gasteiger partial charge on any atom is 0.257 e. The van der Waals surface area contributed by atoms with E-state index in [1.807, 2.05) is 0 Å². The first-order valence-corrected chi connectivity index (χ1v) is 9.51. The third kappa shape index (κ3) is 6.76. The molecule has 2 amide bonds. The molecule has 0 aromatic heterocycles. The van der Waals surface area contributed by atoms with Gasteiger partial charge in [-0.25, -0.2) is 0 Å². The van der Waals surface area contributed by atoms with Crippen molar-refractivity contribution in [2.24, 2.45) is 0 Å². The molecule has 0 radical (unpaired) electrons. The Morgan fingerprint density at radius 3 is 2.43 bits per heavy atom. The molecular formula is C19H19Cl2N3O3S. The maximum atomic E-state index is 12.4. The monoisotopic (exact) mass is 439 g/mol. The summed E-state index contributed by atoms with van der Waals surface area (Å²) in [5.41, 5.74) is 1.15. The summed E-state index contributed by atoms with van der Waals surface area (Å²) in [4.78, 5) is 24.7. The molecule has 0 fully saturated rings. The van der Waals surface area contributed by atoms with Crippen LogP contribution in [0.25, 0.3) is 0 Å². The molecule has 0 bridgehead atoms. The first-order chi connectivity index (χ1) is 13.4. The molecule has 0 saturated heterocycles. The molecule has 0 aliphatic carbocycles. The van der Waals surface area contributed by atoms with E-state index in [0.717, 1.165) is 0 Å². The second-order valence-electron chi connectivity index (χ2n) is 5.71. The van der Waals surface area contributed by atoms with Crippen LogP contribution in [0.4, 0.5) is 5.69 Å². The predicted octanol–water partition coefficient (Wildman–Crippen LogP) is 3.89. The van der Waals surface area contributed by atoms with Crippen LogP contribution in [0.15, 0.2) is 42.5 Å². The summed E-state index contributed by atoms with van der Waals surface area (Å²) < 4.78 is 4.96. The minimum atomic E-state index is -0.469. The van der Waals surface area contributed by atoms with Gasteiger partial charge >= 0.3 is 0 Å². The zero-order valence-electron chi connectivity index (χ0n) is 15.1. The van der Waals surface area contributed by atoms with Crippen LogP contribution in [0.2, 0.25) is 10.0 Å². The van der Waals surface area contributed by atoms with Crippen LogP contribution in [0, 0.1) is 0 Å². The minimum absolute atomic E-state index is 0.0423. The Hall–Kier alpha value is -2.19. The fourth-order valence-electron chi connectivity index (χ4n) is 2.32. The van der Waals surface area contributed by atoms with E-state index >= 15 is 0 Å². The highest BCUT2D eigenvalue weighted by atomic mass is 35.5. The number of methoxy groups -OCH3 is 1. The van der Waals surface area contributed by atoms with Gasteiger partial charge in [-0.2, -0.15) is 0 Å². The van der Waals surface area contributed by atoms with Gasteiger partial charge in [-0.1, -0.05) is 35.3 Å². The zero-order chi connectivity index (χ0) is 20.5. The third-order valence-corrected chi connectivity index (χ3v) is 4.22. The van der Waals surface area contributed by atoms with Gasteiger partial charge in [-0.15, -0.1) is 0 Å². The highest BCUT2D eigenvalue weighted by Gasteiger charge is 2.14. The lowest BCUT2D eigenvalue weighted by Crippen LogP contribution is -2.35. The van der Waals surface area contributed by atoms with Crippen molar-refractivity contribution in [2.75, 3.05) is 25.6 Å². The van der Waals surface area contributed by atoms with Gasteiger partial charge < -0.3 is 15.4 Å². The molecule has 0 unspecified atom stereocenters. The molecule has 28 heavy (non-hydrogen) atoms. The number of hydrogen-bond donors (Lipinski definition) is 3. The number of thiocarbonyl (C=S) groups is 1. The van der Waals surface area contributed by atoms with E-state index in [-0.39, 0.29) is 16.6 Å². The minimum Gasteiger partial charge on any atom is -0.385 e. The molecule has 9 heteroatoms. The SMILES string of the molecule is COCCCNC(=O)c1ccccc1NC(=S)NC(=O)c1cc(Cl)cc(Cl)c1. The topological polar surface area (TPSA) is 79.5 Å². The number of amides is 2.